The first-order valence-corrected chi connectivity index (χ1v) is 9.82. The van der Waals surface area contributed by atoms with Gasteiger partial charge in [0, 0.05) is 48.2 Å². The average Bonchev–Trinajstić information content (AvgIpc) is 3.28. The van der Waals surface area contributed by atoms with Crippen molar-refractivity contribution in [1.82, 2.24) is 9.88 Å². The average molecular weight is 377 g/mol. The SMILES string of the molecule is CN1CCCC1=Nc1c2c(nc3ccccc13)N(c1cccc(Cl)c1)CC2. The summed E-state index contributed by atoms with van der Waals surface area (Å²) in [6.45, 7) is 1.98. The molecule has 0 radical (unpaired) electrons. The molecule has 0 aliphatic carbocycles. The van der Waals surface area contributed by atoms with Gasteiger partial charge in [-0.3, -0.25) is 0 Å². The van der Waals surface area contributed by atoms with Crippen LogP contribution in [0.2, 0.25) is 5.02 Å². The molecule has 0 unspecified atom stereocenters. The van der Waals surface area contributed by atoms with Gasteiger partial charge in [-0.1, -0.05) is 35.9 Å². The highest BCUT2D eigenvalue weighted by molar-refractivity contribution is 6.30. The number of anilines is 2. The van der Waals surface area contributed by atoms with Crippen LogP contribution in [0.1, 0.15) is 18.4 Å². The van der Waals surface area contributed by atoms with E-state index in [4.69, 9.17) is 21.6 Å². The van der Waals surface area contributed by atoms with Crippen LogP contribution in [0.3, 0.4) is 0 Å². The molecule has 2 aliphatic rings. The largest absolute Gasteiger partial charge is 0.363 e. The highest BCUT2D eigenvalue weighted by Gasteiger charge is 2.27. The summed E-state index contributed by atoms with van der Waals surface area (Å²) in [6, 6.07) is 16.3. The summed E-state index contributed by atoms with van der Waals surface area (Å²) >= 11 is 6.23. The standard InChI is InChI=1S/C22H21ClN4/c1-26-12-5-10-20(26)25-21-17-8-2-3-9-19(17)24-22-18(21)11-13-27(22)16-7-4-6-15(23)14-16/h2-4,6-9,14H,5,10-13H2,1H3. The summed E-state index contributed by atoms with van der Waals surface area (Å²) in [7, 11) is 2.13. The molecule has 0 bridgehead atoms. The first-order chi connectivity index (χ1) is 13.2. The molecule has 1 aromatic heterocycles. The molecule has 136 valence electrons. The highest BCUT2D eigenvalue weighted by atomic mass is 35.5. The van der Waals surface area contributed by atoms with Crippen molar-refractivity contribution in [2.45, 2.75) is 19.3 Å². The van der Waals surface area contributed by atoms with E-state index in [1.807, 2.05) is 24.3 Å². The van der Waals surface area contributed by atoms with Crippen LogP contribution in [0, 0.1) is 0 Å². The zero-order valence-corrected chi connectivity index (χ0v) is 16.1. The predicted octanol–water partition coefficient (Wildman–Crippen LogP) is 5.34. The van der Waals surface area contributed by atoms with E-state index in [2.05, 4.69) is 41.1 Å². The van der Waals surface area contributed by atoms with Crippen LogP contribution in [-0.2, 0) is 6.42 Å². The molecule has 0 spiro atoms. The molecule has 0 N–H and O–H groups in total. The van der Waals surface area contributed by atoms with Gasteiger partial charge in [0.1, 0.15) is 11.7 Å². The fourth-order valence-corrected chi connectivity index (χ4v) is 4.28. The minimum Gasteiger partial charge on any atom is -0.363 e. The lowest BCUT2D eigenvalue weighted by Crippen LogP contribution is -2.18. The second-order valence-electron chi connectivity index (χ2n) is 7.21. The molecule has 3 heterocycles. The maximum Gasteiger partial charge on any atom is 0.139 e. The number of para-hydroxylation sites is 1. The smallest absolute Gasteiger partial charge is 0.139 e. The quantitative estimate of drug-likeness (QED) is 0.605. The Bertz CT molecular complexity index is 1060. The van der Waals surface area contributed by atoms with Crippen molar-refractivity contribution in [3.8, 4) is 0 Å². The van der Waals surface area contributed by atoms with Crippen molar-refractivity contribution in [1.29, 1.82) is 0 Å². The molecule has 2 aliphatic heterocycles. The molecule has 0 saturated carbocycles. The Labute approximate surface area is 164 Å². The second-order valence-corrected chi connectivity index (χ2v) is 7.65. The lowest BCUT2D eigenvalue weighted by molar-refractivity contribution is 0.550. The van der Waals surface area contributed by atoms with E-state index in [0.717, 1.165) is 59.0 Å². The molecule has 3 aromatic rings. The monoisotopic (exact) mass is 376 g/mol. The van der Waals surface area contributed by atoms with Crippen LogP contribution in [0.5, 0.6) is 0 Å². The van der Waals surface area contributed by atoms with Gasteiger partial charge in [0.05, 0.1) is 11.2 Å². The van der Waals surface area contributed by atoms with Crippen molar-refractivity contribution in [3.63, 3.8) is 0 Å². The van der Waals surface area contributed by atoms with E-state index in [1.54, 1.807) is 0 Å². The van der Waals surface area contributed by atoms with Crippen LogP contribution in [0.25, 0.3) is 10.9 Å². The summed E-state index contributed by atoms with van der Waals surface area (Å²) < 4.78 is 0. The zero-order valence-electron chi connectivity index (χ0n) is 15.3. The molecule has 5 heteroatoms. The maximum atomic E-state index is 6.23. The van der Waals surface area contributed by atoms with Gasteiger partial charge in [0.25, 0.3) is 0 Å². The third-order valence-electron chi connectivity index (χ3n) is 5.48. The number of pyridine rings is 1. The van der Waals surface area contributed by atoms with Gasteiger partial charge in [-0.15, -0.1) is 0 Å². The molecule has 0 atom stereocenters. The molecule has 5 rings (SSSR count). The number of halogens is 1. The number of likely N-dealkylation sites (tertiary alicyclic amines) is 1. The molecule has 1 saturated heterocycles. The fourth-order valence-electron chi connectivity index (χ4n) is 4.09. The van der Waals surface area contributed by atoms with E-state index in [9.17, 15) is 0 Å². The van der Waals surface area contributed by atoms with Crippen LogP contribution in [0.15, 0.2) is 53.5 Å². The Hall–Kier alpha value is -2.59. The minimum atomic E-state index is 0.745. The first kappa shape index (κ1) is 16.6. The Balaban J connectivity index is 1.71. The van der Waals surface area contributed by atoms with Crippen LogP contribution in [0.4, 0.5) is 17.2 Å². The predicted molar refractivity (Wildman–Crippen MR) is 113 cm³/mol. The fraction of sp³-hybridized carbons (Fsp3) is 0.273. The molecule has 1 fully saturated rings. The number of hydrogen-bond donors (Lipinski definition) is 0. The summed E-state index contributed by atoms with van der Waals surface area (Å²) in [4.78, 5) is 14.7. The summed E-state index contributed by atoms with van der Waals surface area (Å²) in [6.07, 6.45) is 3.16. The van der Waals surface area contributed by atoms with E-state index >= 15 is 0 Å². The third-order valence-corrected chi connectivity index (χ3v) is 5.71. The van der Waals surface area contributed by atoms with E-state index in [-0.39, 0.29) is 0 Å². The number of amidine groups is 1. The highest BCUT2D eigenvalue weighted by Crippen LogP contribution is 2.42. The summed E-state index contributed by atoms with van der Waals surface area (Å²) in [5, 5.41) is 1.88. The molecular formula is C22H21ClN4. The second kappa shape index (κ2) is 6.54. The Kier molecular flexibility index (Phi) is 4.01. The Morgan fingerprint density at radius 1 is 1.04 bits per heavy atom. The number of rotatable bonds is 2. The van der Waals surface area contributed by atoms with Crippen molar-refractivity contribution in [2.24, 2.45) is 4.99 Å². The first-order valence-electron chi connectivity index (χ1n) is 9.44. The van der Waals surface area contributed by atoms with Gasteiger partial charge >= 0.3 is 0 Å². The van der Waals surface area contributed by atoms with Gasteiger partial charge in [-0.25, -0.2) is 9.98 Å². The molecule has 4 nitrogen and oxygen atoms in total. The molecule has 2 aromatic carbocycles. The maximum absolute atomic E-state index is 6.23. The van der Waals surface area contributed by atoms with E-state index in [1.165, 1.54) is 17.8 Å². The number of benzene rings is 2. The van der Waals surface area contributed by atoms with Gasteiger partial charge < -0.3 is 9.80 Å². The molecule has 0 amide bonds. The van der Waals surface area contributed by atoms with Crippen molar-refractivity contribution < 1.29 is 0 Å². The summed E-state index contributed by atoms with van der Waals surface area (Å²) in [5.41, 5.74) is 4.40. The van der Waals surface area contributed by atoms with Crippen molar-refractivity contribution in [3.05, 3.63) is 59.1 Å². The third kappa shape index (κ3) is 2.85. The van der Waals surface area contributed by atoms with Gasteiger partial charge in [0.2, 0.25) is 0 Å². The normalized spacial score (nSPS) is 17.9. The number of aliphatic imine (C=N–C) groups is 1. The van der Waals surface area contributed by atoms with Crippen molar-refractivity contribution >= 4 is 45.5 Å². The summed E-state index contributed by atoms with van der Waals surface area (Å²) in [5.74, 6) is 2.19. The Morgan fingerprint density at radius 3 is 2.74 bits per heavy atom. The van der Waals surface area contributed by atoms with Crippen LogP contribution in [-0.4, -0.2) is 35.9 Å². The van der Waals surface area contributed by atoms with Crippen molar-refractivity contribution in [2.75, 3.05) is 25.0 Å². The number of nitrogens with zero attached hydrogens (tertiary/aromatic N) is 4. The Morgan fingerprint density at radius 2 is 1.93 bits per heavy atom. The number of fused-ring (bicyclic) bond motifs is 2. The number of aromatic nitrogens is 1. The van der Waals surface area contributed by atoms with Crippen LogP contribution < -0.4 is 4.90 Å². The van der Waals surface area contributed by atoms with Gasteiger partial charge in [-0.05, 0) is 37.1 Å². The lowest BCUT2D eigenvalue weighted by atomic mass is 10.1. The zero-order chi connectivity index (χ0) is 18.4. The number of hydrogen-bond acceptors (Lipinski definition) is 3. The van der Waals surface area contributed by atoms with Crippen LogP contribution >= 0.6 is 11.6 Å². The van der Waals surface area contributed by atoms with E-state index in [0.29, 0.717) is 0 Å². The minimum absolute atomic E-state index is 0.745. The van der Waals surface area contributed by atoms with Gasteiger partial charge in [0.15, 0.2) is 0 Å². The lowest BCUT2D eigenvalue weighted by Gasteiger charge is -2.20. The molecular weight excluding hydrogens is 356 g/mol. The molecule has 27 heavy (non-hydrogen) atoms. The topological polar surface area (TPSA) is 31.7 Å². The van der Waals surface area contributed by atoms with Gasteiger partial charge in [-0.2, -0.15) is 0 Å². The van der Waals surface area contributed by atoms with E-state index < -0.39 is 0 Å².